The molecule has 0 nitrogen and oxygen atoms in total. The van der Waals surface area contributed by atoms with E-state index in [1.54, 1.807) is 0 Å². The number of thioether (sulfide) groups is 2. The normalized spacial score (nSPS) is 12.5. The first-order valence-electron chi connectivity index (χ1n) is 5.98. The zero-order valence-electron chi connectivity index (χ0n) is 11.2. The third-order valence-corrected chi connectivity index (χ3v) is 4.33. The van der Waals surface area contributed by atoms with Crippen molar-refractivity contribution in [3.63, 3.8) is 0 Å². The molecule has 10 heteroatoms. The van der Waals surface area contributed by atoms with Crippen LogP contribution in [0.2, 0.25) is 0 Å². The van der Waals surface area contributed by atoms with Crippen LogP contribution in [0.4, 0.5) is 35.1 Å². The standard InChI is InChI=1S/C14H5F8S2/c15-9-5-4-7(6-10(9)16)8-2-1-3-11(23-13(17,18)19)12(8)24-14(20,21)22/h1-2,4-6H. The number of hydrogen-bond acceptors (Lipinski definition) is 2. The lowest BCUT2D eigenvalue weighted by Gasteiger charge is -2.16. The van der Waals surface area contributed by atoms with Crippen molar-refractivity contribution in [2.45, 2.75) is 20.8 Å². The number of hydrogen-bond donors (Lipinski definition) is 0. The summed E-state index contributed by atoms with van der Waals surface area (Å²) >= 11 is -1.53. The largest absolute Gasteiger partial charge is 0.446 e. The van der Waals surface area contributed by atoms with Gasteiger partial charge in [-0.05, 0) is 52.8 Å². The Hall–Kier alpha value is -1.42. The van der Waals surface area contributed by atoms with E-state index >= 15 is 0 Å². The molecule has 2 rings (SSSR count). The molecule has 0 unspecified atom stereocenters. The van der Waals surface area contributed by atoms with Crippen molar-refractivity contribution >= 4 is 23.5 Å². The topological polar surface area (TPSA) is 0 Å². The summed E-state index contributed by atoms with van der Waals surface area (Å²) in [6.07, 6.45) is 0. The Morgan fingerprint density at radius 1 is 0.792 bits per heavy atom. The second-order valence-corrected chi connectivity index (χ2v) is 6.42. The Morgan fingerprint density at radius 3 is 1.96 bits per heavy atom. The second-order valence-electron chi connectivity index (χ2n) is 4.27. The highest BCUT2D eigenvalue weighted by atomic mass is 32.2. The molecule has 0 N–H and O–H groups in total. The van der Waals surface area contributed by atoms with Gasteiger partial charge in [0.2, 0.25) is 0 Å². The molecule has 0 aliphatic rings. The molecule has 0 saturated carbocycles. The van der Waals surface area contributed by atoms with E-state index in [9.17, 15) is 35.1 Å². The molecule has 0 heterocycles. The van der Waals surface area contributed by atoms with Gasteiger partial charge in [-0.1, -0.05) is 18.2 Å². The van der Waals surface area contributed by atoms with Gasteiger partial charge in [-0.15, -0.1) is 0 Å². The van der Waals surface area contributed by atoms with Crippen LogP contribution in [-0.4, -0.2) is 11.0 Å². The molecule has 2 aromatic carbocycles. The molecular formula is C14H5F8S2. The first-order chi connectivity index (χ1) is 11.0. The summed E-state index contributed by atoms with van der Waals surface area (Å²) in [4.78, 5) is -1.58. The average molecular weight is 389 g/mol. The summed E-state index contributed by atoms with van der Waals surface area (Å²) in [5.41, 5.74) is -10.2. The third kappa shape index (κ3) is 5.04. The summed E-state index contributed by atoms with van der Waals surface area (Å²) in [5, 5.41) is 0. The molecule has 0 spiro atoms. The summed E-state index contributed by atoms with van der Waals surface area (Å²) in [5.74, 6) is -2.55. The second kappa shape index (κ2) is 6.83. The van der Waals surface area contributed by atoms with Gasteiger partial charge in [0.25, 0.3) is 0 Å². The number of halogens is 8. The van der Waals surface area contributed by atoms with Crippen LogP contribution in [0.1, 0.15) is 0 Å². The van der Waals surface area contributed by atoms with E-state index < -0.39 is 56.0 Å². The third-order valence-electron chi connectivity index (χ3n) is 2.58. The average Bonchev–Trinajstić information content (AvgIpc) is 2.41. The van der Waals surface area contributed by atoms with Gasteiger partial charge in [-0.3, -0.25) is 0 Å². The van der Waals surface area contributed by atoms with E-state index in [4.69, 9.17) is 0 Å². The van der Waals surface area contributed by atoms with E-state index in [1.807, 2.05) is 0 Å². The smallest absolute Gasteiger partial charge is 0.204 e. The summed E-state index contributed by atoms with van der Waals surface area (Å²) in [7, 11) is 0. The van der Waals surface area contributed by atoms with E-state index in [2.05, 4.69) is 6.07 Å². The number of alkyl halides is 6. The fourth-order valence-corrected chi connectivity index (χ4v) is 3.25. The summed E-state index contributed by atoms with van der Waals surface area (Å²) < 4.78 is 102. The van der Waals surface area contributed by atoms with Gasteiger partial charge in [0.05, 0.1) is 0 Å². The van der Waals surface area contributed by atoms with E-state index in [0.717, 1.165) is 18.2 Å². The lowest BCUT2D eigenvalue weighted by Crippen LogP contribution is -2.04. The minimum atomic E-state index is -4.87. The maximum Gasteiger partial charge on any atom is 0.446 e. The highest BCUT2D eigenvalue weighted by molar-refractivity contribution is 8.03. The van der Waals surface area contributed by atoms with Crippen LogP contribution in [0.3, 0.4) is 0 Å². The van der Waals surface area contributed by atoms with Gasteiger partial charge in [0.15, 0.2) is 11.6 Å². The Morgan fingerprint density at radius 2 is 1.42 bits per heavy atom. The Balaban J connectivity index is 2.61. The molecule has 2 aromatic rings. The first kappa shape index (κ1) is 18.9. The van der Waals surface area contributed by atoms with Crippen molar-refractivity contribution in [1.29, 1.82) is 0 Å². The zero-order chi connectivity index (χ0) is 18.1. The van der Waals surface area contributed by atoms with Crippen LogP contribution in [0, 0.1) is 17.7 Å². The van der Waals surface area contributed by atoms with E-state index in [0.29, 0.717) is 12.1 Å². The van der Waals surface area contributed by atoms with Crippen molar-refractivity contribution in [3.05, 3.63) is 48.0 Å². The summed E-state index contributed by atoms with van der Waals surface area (Å²) in [6, 6.07) is 6.44. The molecule has 0 bridgehead atoms. The van der Waals surface area contributed by atoms with Crippen LogP contribution < -0.4 is 0 Å². The van der Waals surface area contributed by atoms with Gasteiger partial charge in [-0.25, -0.2) is 8.78 Å². The zero-order valence-corrected chi connectivity index (χ0v) is 12.9. The lowest BCUT2D eigenvalue weighted by molar-refractivity contribution is -0.0346. The lowest BCUT2D eigenvalue weighted by atomic mass is 10.1. The Labute approximate surface area is 139 Å². The van der Waals surface area contributed by atoms with Crippen molar-refractivity contribution in [3.8, 4) is 11.1 Å². The molecule has 1 radical (unpaired) electrons. The van der Waals surface area contributed by atoms with Crippen LogP contribution in [0.5, 0.6) is 0 Å². The van der Waals surface area contributed by atoms with Gasteiger partial charge in [0.1, 0.15) is 0 Å². The molecule has 0 atom stereocenters. The SMILES string of the molecule is Fc1ccc(-c2cc[c]c(SC(F)(F)F)c2SC(F)(F)F)cc1F. The van der Waals surface area contributed by atoms with Gasteiger partial charge in [0, 0.05) is 9.79 Å². The monoisotopic (exact) mass is 389 g/mol. The van der Waals surface area contributed by atoms with Gasteiger partial charge >= 0.3 is 11.0 Å². The highest BCUT2D eigenvalue weighted by Crippen LogP contribution is 2.49. The summed E-state index contributed by atoms with van der Waals surface area (Å²) in [6.45, 7) is 0. The molecule has 0 aromatic heterocycles. The molecule has 0 aliphatic heterocycles. The quantitative estimate of drug-likeness (QED) is 0.426. The highest BCUT2D eigenvalue weighted by Gasteiger charge is 2.36. The predicted octanol–water partition coefficient (Wildman–Crippen LogP) is 6.66. The molecular weight excluding hydrogens is 384 g/mol. The maximum absolute atomic E-state index is 13.3. The number of rotatable bonds is 3. The van der Waals surface area contributed by atoms with Crippen LogP contribution in [-0.2, 0) is 0 Å². The minimum absolute atomic E-state index is 0.182. The Bertz CT molecular complexity index is 737. The molecule has 0 saturated heterocycles. The fraction of sp³-hybridized carbons (Fsp3) is 0.143. The molecule has 0 aliphatic carbocycles. The molecule has 0 fully saturated rings. The number of benzene rings is 2. The first-order valence-corrected chi connectivity index (χ1v) is 7.61. The van der Waals surface area contributed by atoms with Crippen molar-refractivity contribution in [2.75, 3.05) is 0 Å². The van der Waals surface area contributed by atoms with Gasteiger partial charge in [-0.2, -0.15) is 26.3 Å². The van der Waals surface area contributed by atoms with Crippen molar-refractivity contribution < 1.29 is 35.1 Å². The van der Waals surface area contributed by atoms with Crippen LogP contribution in [0.15, 0.2) is 40.1 Å². The fourth-order valence-electron chi connectivity index (χ4n) is 1.76. The molecule has 24 heavy (non-hydrogen) atoms. The molecule has 129 valence electrons. The molecule has 0 amide bonds. The predicted molar refractivity (Wildman–Crippen MR) is 74.5 cm³/mol. The van der Waals surface area contributed by atoms with Gasteiger partial charge < -0.3 is 0 Å². The van der Waals surface area contributed by atoms with E-state index in [-0.39, 0.29) is 11.1 Å². The Kier molecular flexibility index (Phi) is 5.38. The van der Waals surface area contributed by atoms with Crippen LogP contribution >= 0.6 is 23.5 Å². The minimum Gasteiger partial charge on any atom is -0.204 e. The van der Waals surface area contributed by atoms with Crippen LogP contribution in [0.25, 0.3) is 11.1 Å². The van der Waals surface area contributed by atoms with Crippen molar-refractivity contribution in [1.82, 2.24) is 0 Å². The van der Waals surface area contributed by atoms with E-state index in [1.165, 1.54) is 0 Å². The maximum atomic E-state index is 13.3. The van der Waals surface area contributed by atoms with Crippen molar-refractivity contribution in [2.24, 2.45) is 0 Å².